The second-order valence-corrected chi connectivity index (χ2v) is 7.06. The molecule has 2 aliphatic rings. The van der Waals surface area contributed by atoms with E-state index in [1.54, 1.807) is 0 Å². The summed E-state index contributed by atoms with van der Waals surface area (Å²) in [4.78, 5) is 6.88. The fourth-order valence-electron chi connectivity index (χ4n) is 3.70. The van der Waals surface area contributed by atoms with E-state index in [-0.39, 0.29) is 0 Å². The van der Waals surface area contributed by atoms with Crippen molar-refractivity contribution in [1.29, 1.82) is 0 Å². The van der Waals surface area contributed by atoms with Crippen LogP contribution in [0, 0.1) is 0 Å². The van der Waals surface area contributed by atoms with E-state index in [0.717, 1.165) is 67.9 Å². The number of anilines is 1. The number of aromatic nitrogens is 1. The van der Waals surface area contributed by atoms with E-state index in [1.807, 2.05) is 24.4 Å². The van der Waals surface area contributed by atoms with Crippen molar-refractivity contribution in [2.45, 2.75) is 37.9 Å². The zero-order valence-corrected chi connectivity index (χ0v) is 14.5. The van der Waals surface area contributed by atoms with Gasteiger partial charge >= 0.3 is 0 Å². The lowest BCUT2D eigenvalue weighted by Crippen LogP contribution is -2.39. The molecule has 0 bridgehead atoms. The molecule has 0 aliphatic carbocycles. The van der Waals surface area contributed by atoms with Crippen molar-refractivity contribution in [3.63, 3.8) is 0 Å². The predicted octanol–water partition coefficient (Wildman–Crippen LogP) is 4.05. The summed E-state index contributed by atoms with van der Waals surface area (Å²) < 4.78 is 11.7. The van der Waals surface area contributed by atoms with Crippen molar-refractivity contribution in [3.8, 4) is 0 Å². The minimum Gasteiger partial charge on any atom is -0.381 e. The number of hydrogen-bond acceptors (Lipinski definition) is 4. The Morgan fingerprint density at radius 2 is 1.79 bits per heavy atom. The van der Waals surface area contributed by atoms with Gasteiger partial charge in [-0.05, 0) is 49.9 Å². The van der Waals surface area contributed by atoms with Crippen molar-refractivity contribution >= 4 is 28.2 Å². The molecule has 2 saturated heterocycles. The molecule has 2 fully saturated rings. The zero-order chi connectivity index (χ0) is 16.4. The summed E-state index contributed by atoms with van der Waals surface area (Å²) in [5.74, 6) is 0. The fourth-order valence-corrected chi connectivity index (χ4v) is 3.87. The Morgan fingerprint density at radius 1 is 1.04 bits per heavy atom. The SMILES string of the molecule is Clc1ccc2nccc(N3CCC(OC4CCOCC4)CC3)c2c1. The van der Waals surface area contributed by atoms with Gasteiger partial charge in [0.05, 0.1) is 17.7 Å². The van der Waals surface area contributed by atoms with Crippen LogP contribution in [0.5, 0.6) is 0 Å². The van der Waals surface area contributed by atoms with Crippen LogP contribution in [0.25, 0.3) is 10.9 Å². The molecule has 24 heavy (non-hydrogen) atoms. The van der Waals surface area contributed by atoms with Crippen LogP contribution >= 0.6 is 11.6 Å². The lowest BCUT2D eigenvalue weighted by Gasteiger charge is -2.36. The van der Waals surface area contributed by atoms with Crippen molar-refractivity contribution in [1.82, 2.24) is 4.98 Å². The molecule has 0 unspecified atom stereocenters. The summed E-state index contributed by atoms with van der Waals surface area (Å²) in [6, 6.07) is 8.00. The normalized spacial score (nSPS) is 20.6. The summed E-state index contributed by atoms with van der Waals surface area (Å²) in [6.07, 6.45) is 6.86. The lowest BCUT2D eigenvalue weighted by molar-refractivity contribution is -0.0743. The minimum atomic E-state index is 0.376. The molecule has 0 N–H and O–H groups in total. The van der Waals surface area contributed by atoms with Crippen LogP contribution in [0.1, 0.15) is 25.7 Å². The zero-order valence-electron chi connectivity index (χ0n) is 13.8. The van der Waals surface area contributed by atoms with Crippen LogP contribution in [-0.4, -0.2) is 43.5 Å². The van der Waals surface area contributed by atoms with Crippen molar-refractivity contribution < 1.29 is 9.47 Å². The standard InChI is InChI=1S/C19H23ClN2O2/c20-14-1-2-18-17(13-14)19(3-8-21-18)22-9-4-15(5-10-22)24-16-6-11-23-12-7-16/h1-3,8,13,15-16H,4-7,9-12H2. The largest absolute Gasteiger partial charge is 0.381 e. The highest BCUT2D eigenvalue weighted by atomic mass is 35.5. The molecule has 4 nitrogen and oxygen atoms in total. The van der Waals surface area contributed by atoms with Crippen LogP contribution < -0.4 is 4.90 Å². The second-order valence-electron chi connectivity index (χ2n) is 6.63. The molecule has 0 saturated carbocycles. The van der Waals surface area contributed by atoms with Crippen LogP contribution in [0.4, 0.5) is 5.69 Å². The van der Waals surface area contributed by atoms with Gasteiger partial charge in [-0.3, -0.25) is 4.98 Å². The molecule has 3 heterocycles. The van der Waals surface area contributed by atoms with Crippen molar-refractivity contribution in [3.05, 3.63) is 35.5 Å². The Morgan fingerprint density at radius 3 is 2.58 bits per heavy atom. The van der Waals surface area contributed by atoms with E-state index in [1.165, 1.54) is 5.69 Å². The number of benzene rings is 1. The minimum absolute atomic E-state index is 0.376. The molecule has 2 aliphatic heterocycles. The highest BCUT2D eigenvalue weighted by Gasteiger charge is 2.25. The molecular formula is C19H23ClN2O2. The maximum absolute atomic E-state index is 6.28. The Labute approximate surface area is 147 Å². The second kappa shape index (κ2) is 7.26. The summed E-state index contributed by atoms with van der Waals surface area (Å²) in [6.45, 7) is 3.71. The third-order valence-electron chi connectivity index (χ3n) is 5.02. The van der Waals surface area contributed by atoms with Crippen LogP contribution in [0.15, 0.2) is 30.5 Å². The van der Waals surface area contributed by atoms with Crippen molar-refractivity contribution in [2.24, 2.45) is 0 Å². The van der Waals surface area contributed by atoms with Crippen LogP contribution in [0.2, 0.25) is 5.02 Å². The molecule has 0 radical (unpaired) electrons. The van der Waals surface area contributed by atoms with Gasteiger partial charge in [-0.25, -0.2) is 0 Å². The fraction of sp³-hybridized carbons (Fsp3) is 0.526. The van der Waals surface area contributed by atoms with Gasteiger partial charge in [-0.2, -0.15) is 0 Å². The van der Waals surface area contributed by atoms with Gasteiger partial charge in [-0.1, -0.05) is 11.6 Å². The van der Waals surface area contributed by atoms with E-state index in [0.29, 0.717) is 12.2 Å². The number of nitrogens with zero attached hydrogens (tertiary/aromatic N) is 2. The van der Waals surface area contributed by atoms with E-state index >= 15 is 0 Å². The quantitative estimate of drug-likeness (QED) is 0.839. The highest BCUT2D eigenvalue weighted by Crippen LogP contribution is 2.30. The summed E-state index contributed by atoms with van der Waals surface area (Å²) in [7, 11) is 0. The van der Waals surface area contributed by atoms with Gasteiger partial charge in [0.25, 0.3) is 0 Å². The predicted molar refractivity (Wildman–Crippen MR) is 96.9 cm³/mol. The number of ether oxygens (including phenoxy) is 2. The Balaban J connectivity index is 1.43. The van der Waals surface area contributed by atoms with Gasteiger partial charge in [0.1, 0.15) is 0 Å². The highest BCUT2D eigenvalue weighted by molar-refractivity contribution is 6.31. The maximum Gasteiger partial charge on any atom is 0.0723 e. The summed E-state index contributed by atoms with van der Waals surface area (Å²) >= 11 is 6.18. The third-order valence-corrected chi connectivity index (χ3v) is 5.25. The van der Waals surface area contributed by atoms with E-state index in [2.05, 4.69) is 16.0 Å². The number of pyridine rings is 1. The van der Waals surface area contributed by atoms with E-state index in [9.17, 15) is 0 Å². The first-order valence-electron chi connectivity index (χ1n) is 8.82. The molecule has 4 rings (SSSR count). The maximum atomic E-state index is 6.28. The van der Waals surface area contributed by atoms with Crippen LogP contribution in [0.3, 0.4) is 0 Å². The Kier molecular flexibility index (Phi) is 4.88. The molecule has 128 valence electrons. The van der Waals surface area contributed by atoms with E-state index in [4.69, 9.17) is 21.1 Å². The number of piperidine rings is 1. The average Bonchev–Trinajstić information content (AvgIpc) is 2.63. The summed E-state index contributed by atoms with van der Waals surface area (Å²) in [5.41, 5.74) is 2.23. The molecule has 0 atom stereocenters. The lowest BCUT2D eigenvalue weighted by atomic mass is 10.0. The first kappa shape index (κ1) is 16.1. The molecular weight excluding hydrogens is 324 g/mol. The van der Waals surface area contributed by atoms with Gasteiger partial charge in [0.2, 0.25) is 0 Å². The molecule has 0 amide bonds. The summed E-state index contributed by atoms with van der Waals surface area (Å²) in [5, 5.41) is 1.89. The van der Waals surface area contributed by atoms with E-state index < -0.39 is 0 Å². The Bertz CT molecular complexity index is 695. The van der Waals surface area contributed by atoms with Crippen LogP contribution in [-0.2, 0) is 9.47 Å². The molecule has 5 heteroatoms. The Hall–Kier alpha value is -1.36. The molecule has 0 spiro atoms. The number of hydrogen-bond donors (Lipinski definition) is 0. The smallest absolute Gasteiger partial charge is 0.0723 e. The number of halogens is 1. The van der Waals surface area contributed by atoms with Gasteiger partial charge < -0.3 is 14.4 Å². The number of fused-ring (bicyclic) bond motifs is 1. The third kappa shape index (κ3) is 3.51. The first-order valence-corrected chi connectivity index (χ1v) is 9.20. The molecule has 1 aromatic carbocycles. The topological polar surface area (TPSA) is 34.6 Å². The van der Waals surface area contributed by atoms with Gasteiger partial charge in [0.15, 0.2) is 0 Å². The number of rotatable bonds is 3. The van der Waals surface area contributed by atoms with Crippen molar-refractivity contribution in [2.75, 3.05) is 31.2 Å². The van der Waals surface area contributed by atoms with Gasteiger partial charge in [0, 0.05) is 48.6 Å². The molecule has 2 aromatic rings. The average molecular weight is 347 g/mol. The monoisotopic (exact) mass is 346 g/mol. The molecule has 1 aromatic heterocycles. The van der Waals surface area contributed by atoms with Gasteiger partial charge in [-0.15, -0.1) is 0 Å². The first-order chi connectivity index (χ1) is 11.8.